The molecule has 1 saturated heterocycles. The fourth-order valence-corrected chi connectivity index (χ4v) is 4.12. The van der Waals surface area contributed by atoms with E-state index in [2.05, 4.69) is 34.3 Å². The van der Waals surface area contributed by atoms with E-state index in [4.69, 9.17) is 0 Å². The summed E-state index contributed by atoms with van der Waals surface area (Å²) in [4.78, 5) is 20.4. The highest BCUT2D eigenvalue weighted by Crippen LogP contribution is 2.32. The minimum atomic E-state index is -0.0973. The first-order chi connectivity index (χ1) is 11.6. The fraction of sp³-hybridized carbons (Fsp3) is 0.625. The van der Waals surface area contributed by atoms with Gasteiger partial charge in [-0.25, -0.2) is 9.78 Å². The highest BCUT2D eigenvalue weighted by atomic mass is 32.1. The van der Waals surface area contributed by atoms with E-state index in [0.717, 1.165) is 50.2 Å². The van der Waals surface area contributed by atoms with Gasteiger partial charge in [-0.2, -0.15) is 0 Å². The van der Waals surface area contributed by atoms with E-state index in [-0.39, 0.29) is 12.1 Å². The first-order valence-electron chi connectivity index (χ1n) is 8.54. The Kier molecular flexibility index (Phi) is 5.13. The van der Waals surface area contributed by atoms with Gasteiger partial charge in [0.05, 0.1) is 11.7 Å². The van der Waals surface area contributed by atoms with Crippen molar-refractivity contribution >= 4 is 22.5 Å². The Morgan fingerprint density at radius 1 is 1.46 bits per heavy atom. The molecule has 0 aliphatic carbocycles. The Bertz CT molecular complexity index is 709. The van der Waals surface area contributed by atoms with Gasteiger partial charge >= 0.3 is 6.03 Å². The molecule has 1 fully saturated rings. The molecule has 1 aliphatic rings. The lowest BCUT2D eigenvalue weighted by Gasteiger charge is -2.23. The molecule has 0 spiro atoms. The summed E-state index contributed by atoms with van der Waals surface area (Å²) in [6.07, 6.45) is 6.54. The van der Waals surface area contributed by atoms with Crippen LogP contribution < -0.4 is 5.32 Å². The second kappa shape index (κ2) is 7.29. The molecule has 1 aliphatic heterocycles. The highest BCUT2D eigenvalue weighted by molar-refractivity contribution is 7.15. The van der Waals surface area contributed by atoms with Crippen molar-refractivity contribution < 1.29 is 4.79 Å². The van der Waals surface area contributed by atoms with Gasteiger partial charge in [0.1, 0.15) is 6.33 Å². The summed E-state index contributed by atoms with van der Waals surface area (Å²) in [5, 5.41) is 11.8. The van der Waals surface area contributed by atoms with Crippen LogP contribution in [-0.4, -0.2) is 37.2 Å². The number of thiazole rings is 1. The number of nitrogens with zero attached hydrogens (tertiary/aromatic N) is 5. The summed E-state index contributed by atoms with van der Waals surface area (Å²) in [6, 6.07) is -0.113. The summed E-state index contributed by atoms with van der Waals surface area (Å²) in [5.74, 6) is 0.836. The fourth-order valence-electron chi connectivity index (χ4n) is 3.18. The Labute approximate surface area is 146 Å². The molecule has 0 saturated carbocycles. The van der Waals surface area contributed by atoms with Crippen LogP contribution in [0.2, 0.25) is 0 Å². The van der Waals surface area contributed by atoms with Gasteiger partial charge in [-0.1, -0.05) is 20.3 Å². The third-order valence-corrected chi connectivity index (χ3v) is 5.52. The summed E-state index contributed by atoms with van der Waals surface area (Å²) in [7, 11) is 1.91. The highest BCUT2D eigenvalue weighted by Gasteiger charge is 2.33. The summed E-state index contributed by atoms with van der Waals surface area (Å²) < 4.78 is 1.88. The standard InChI is InChI=1S/C16H24N6OS/c1-4-7-11-13(5-2)24-15(18-11)19-16(23)22-9-6-8-12(22)14-20-17-10-21(14)3/h10,12H,4-9H2,1-3H3,(H,18,19,23)/t12-/m1/s1. The zero-order valence-electron chi connectivity index (χ0n) is 14.4. The van der Waals surface area contributed by atoms with Crippen molar-refractivity contribution in [1.82, 2.24) is 24.6 Å². The Balaban J connectivity index is 1.73. The second-order valence-electron chi connectivity index (χ2n) is 6.07. The lowest BCUT2D eigenvalue weighted by atomic mass is 10.2. The maximum absolute atomic E-state index is 12.7. The lowest BCUT2D eigenvalue weighted by Crippen LogP contribution is -2.35. The predicted molar refractivity (Wildman–Crippen MR) is 94.2 cm³/mol. The SMILES string of the molecule is CCCc1nc(NC(=O)N2CCC[C@@H]2c2nncn2C)sc1CC. The molecule has 24 heavy (non-hydrogen) atoms. The number of carbonyl (C=O) groups excluding carboxylic acids is 1. The van der Waals surface area contributed by atoms with Gasteiger partial charge in [-0.3, -0.25) is 5.32 Å². The smallest absolute Gasteiger partial charge is 0.319 e. The van der Waals surface area contributed by atoms with Crippen LogP contribution in [0, 0.1) is 0 Å². The number of hydrogen-bond acceptors (Lipinski definition) is 5. The molecule has 0 bridgehead atoms. The van der Waals surface area contributed by atoms with Gasteiger partial charge < -0.3 is 9.47 Å². The van der Waals surface area contributed by atoms with Crippen molar-refractivity contribution in [2.45, 2.75) is 52.0 Å². The quantitative estimate of drug-likeness (QED) is 0.900. The Hall–Kier alpha value is -1.96. The zero-order chi connectivity index (χ0) is 17.1. The average molecular weight is 348 g/mol. The molecular formula is C16H24N6OS. The maximum atomic E-state index is 12.7. The molecule has 7 nitrogen and oxygen atoms in total. The van der Waals surface area contributed by atoms with Gasteiger partial charge in [0.25, 0.3) is 0 Å². The largest absolute Gasteiger partial charge is 0.324 e. The van der Waals surface area contributed by atoms with Gasteiger partial charge in [-0.05, 0) is 25.7 Å². The monoisotopic (exact) mass is 348 g/mol. The van der Waals surface area contributed by atoms with Crippen molar-refractivity contribution in [1.29, 1.82) is 0 Å². The van der Waals surface area contributed by atoms with E-state index in [1.54, 1.807) is 17.7 Å². The molecule has 2 aromatic rings. The molecule has 8 heteroatoms. The topological polar surface area (TPSA) is 75.9 Å². The van der Waals surface area contributed by atoms with Crippen molar-refractivity contribution in [3.05, 3.63) is 22.7 Å². The number of carbonyl (C=O) groups is 1. The maximum Gasteiger partial charge on any atom is 0.324 e. The summed E-state index contributed by atoms with van der Waals surface area (Å²) in [6.45, 7) is 5.01. The normalized spacial score (nSPS) is 17.5. The third-order valence-electron chi connectivity index (χ3n) is 4.36. The van der Waals surface area contributed by atoms with Crippen molar-refractivity contribution in [3.63, 3.8) is 0 Å². The lowest BCUT2D eigenvalue weighted by molar-refractivity contribution is 0.204. The van der Waals surface area contributed by atoms with E-state index >= 15 is 0 Å². The van der Waals surface area contributed by atoms with Crippen LogP contribution in [-0.2, 0) is 19.9 Å². The molecule has 1 atom stereocenters. The molecule has 130 valence electrons. The molecule has 3 rings (SSSR count). The average Bonchev–Trinajstić information content (AvgIpc) is 3.26. The van der Waals surface area contributed by atoms with Crippen molar-refractivity contribution in [2.75, 3.05) is 11.9 Å². The van der Waals surface area contributed by atoms with Gasteiger partial charge in [0, 0.05) is 18.5 Å². The molecule has 2 aromatic heterocycles. The van der Waals surface area contributed by atoms with Crippen LogP contribution in [0.1, 0.15) is 55.5 Å². The number of urea groups is 1. The molecule has 3 heterocycles. The number of likely N-dealkylation sites (tertiary alicyclic amines) is 1. The number of aryl methyl sites for hydroxylation is 3. The predicted octanol–water partition coefficient (Wildman–Crippen LogP) is 3.16. The number of anilines is 1. The second-order valence-corrected chi connectivity index (χ2v) is 7.16. The molecular weight excluding hydrogens is 324 g/mol. The van der Waals surface area contributed by atoms with E-state index in [1.807, 2.05) is 16.5 Å². The molecule has 0 radical (unpaired) electrons. The molecule has 2 amide bonds. The van der Waals surface area contributed by atoms with Crippen LogP contribution >= 0.6 is 11.3 Å². The van der Waals surface area contributed by atoms with Crippen LogP contribution in [0.25, 0.3) is 0 Å². The Morgan fingerprint density at radius 2 is 2.29 bits per heavy atom. The Morgan fingerprint density at radius 3 is 2.96 bits per heavy atom. The van der Waals surface area contributed by atoms with Crippen LogP contribution in [0.5, 0.6) is 0 Å². The van der Waals surface area contributed by atoms with E-state index in [0.29, 0.717) is 5.13 Å². The minimum Gasteiger partial charge on any atom is -0.319 e. The van der Waals surface area contributed by atoms with Gasteiger partial charge in [0.15, 0.2) is 11.0 Å². The van der Waals surface area contributed by atoms with E-state index in [1.165, 1.54) is 4.88 Å². The zero-order valence-corrected chi connectivity index (χ0v) is 15.3. The van der Waals surface area contributed by atoms with E-state index < -0.39 is 0 Å². The number of hydrogen-bond donors (Lipinski definition) is 1. The van der Waals surface area contributed by atoms with Crippen LogP contribution in [0.3, 0.4) is 0 Å². The third kappa shape index (κ3) is 3.28. The van der Waals surface area contributed by atoms with Crippen molar-refractivity contribution in [2.24, 2.45) is 7.05 Å². The van der Waals surface area contributed by atoms with Crippen LogP contribution in [0.4, 0.5) is 9.93 Å². The summed E-state index contributed by atoms with van der Waals surface area (Å²) in [5.41, 5.74) is 1.12. The van der Waals surface area contributed by atoms with Crippen LogP contribution in [0.15, 0.2) is 6.33 Å². The number of amides is 2. The number of aromatic nitrogens is 4. The van der Waals surface area contributed by atoms with Gasteiger partial charge in [0.2, 0.25) is 0 Å². The molecule has 1 N–H and O–H groups in total. The van der Waals surface area contributed by atoms with Crippen molar-refractivity contribution in [3.8, 4) is 0 Å². The first-order valence-corrected chi connectivity index (χ1v) is 9.35. The minimum absolute atomic E-state index is 0.0155. The number of rotatable bonds is 5. The first kappa shape index (κ1) is 16.9. The number of nitrogens with one attached hydrogen (secondary N) is 1. The summed E-state index contributed by atoms with van der Waals surface area (Å²) >= 11 is 1.59. The molecule has 0 unspecified atom stereocenters. The van der Waals surface area contributed by atoms with Gasteiger partial charge in [-0.15, -0.1) is 21.5 Å². The molecule has 0 aromatic carbocycles. The van der Waals surface area contributed by atoms with E-state index in [9.17, 15) is 4.79 Å².